The van der Waals surface area contributed by atoms with Gasteiger partial charge < -0.3 is 11.1 Å². The van der Waals surface area contributed by atoms with E-state index >= 15 is 0 Å². The van der Waals surface area contributed by atoms with Crippen molar-refractivity contribution < 1.29 is 4.79 Å². The van der Waals surface area contributed by atoms with Crippen LogP contribution >= 0.6 is 0 Å². The van der Waals surface area contributed by atoms with Gasteiger partial charge in [0.1, 0.15) is 0 Å². The van der Waals surface area contributed by atoms with Crippen LogP contribution in [0.3, 0.4) is 0 Å². The van der Waals surface area contributed by atoms with Crippen LogP contribution in [0.15, 0.2) is 24.3 Å². The van der Waals surface area contributed by atoms with Crippen LogP contribution < -0.4 is 11.1 Å². The second kappa shape index (κ2) is 4.49. The van der Waals surface area contributed by atoms with E-state index < -0.39 is 0 Å². The third kappa shape index (κ3) is 2.50. The van der Waals surface area contributed by atoms with Crippen molar-refractivity contribution in [3.63, 3.8) is 0 Å². The molecule has 0 heterocycles. The second-order valence-electron chi connectivity index (χ2n) is 5.54. The van der Waals surface area contributed by atoms with Crippen molar-refractivity contribution in [3.8, 4) is 0 Å². The Labute approximate surface area is 102 Å². The van der Waals surface area contributed by atoms with Gasteiger partial charge in [-0.2, -0.15) is 0 Å². The Morgan fingerprint density at radius 1 is 1.47 bits per heavy atom. The van der Waals surface area contributed by atoms with Crippen LogP contribution in [0.2, 0.25) is 0 Å². The molecule has 0 aliphatic heterocycles. The molecule has 0 bridgehead atoms. The fourth-order valence-electron chi connectivity index (χ4n) is 2.01. The van der Waals surface area contributed by atoms with Gasteiger partial charge in [0.05, 0.1) is 5.92 Å². The molecule has 0 saturated heterocycles. The van der Waals surface area contributed by atoms with Gasteiger partial charge in [0.2, 0.25) is 5.91 Å². The van der Waals surface area contributed by atoms with Crippen LogP contribution in [-0.2, 0) is 11.2 Å². The number of carbonyl (C=O) groups is 1. The molecular weight excluding hydrogens is 212 g/mol. The van der Waals surface area contributed by atoms with Gasteiger partial charge in [-0.3, -0.25) is 4.79 Å². The van der Waals surface area contributed by atoms with Gasteiger partial charge in [-0.05, 0) is 29.5 Å². The molecule has 1 atom stereocenters. The highest BCUT2D eigenvalue weighted by atomic mass is 16.1. The Morgan fingerprint density at radius 2 is 2.18 bits per heavy atom. The molecule has 0 saturated carbocycles. The first-order valence-corrected chi connectivity index (χ1v) is 6.09. The fraction of sp³-hybridized carbons (Fsp3) is 0.500. The van der Waals surface area contributed by atoms with E-state index in [-0.39, 0.29) is 17.2 Å². The number of carbonyl (C=O) groups excluding carboxylic acids is 1. The normalized spacial score (nSPS) is 18.2. The second-order valence-corrected chi connectivity index (χ2v) is 5.54. The van der Waals surface area contributed by atoms with E-state index in [0.29, 0.717) is 13.1 Å². The van der Waals surface area contributed by atoms with Crippen LogP contribution in [0, 0.1) is 5.41 Å². The predicted octanol–water partition coefficient (Wildman–Crippen LogP) is 1.43. The molecule has 0 aromatic heterocycles. The molecule has 3 heteroatoms. The van der Waals surface area contributed by atoms with E-state index in [1.165, 1.54) is 11.1 Å². The summed E-state index contributed by atoms with van der Waals surface area (Å²) in [5, 5.41) is 3.00. The molecule has 3 nitrogen and oxygen atoms in total. The van der Waals surface area contributed by atoms with E-state index in [1.807, 2.05) is 18.2 Å². The van der Waals surface area contributed by atoms with E-state index in [4.69, 9.17) is 5.73 Å². The third-order valence-corrected chi connectivity index (χ3v) is 3.46. The lowest BCUT2D eigenvalue weighted by atomic mass is 9.77. The maximum absolute atomic E-state index is 12.0. The Hall–Kier alpha value is -1.35. The molecule has 1 amide bonds. The molecule has 1 aliphatic carbocycles. The van der Waals surface area contributed by atoms with Crippen LogP contribution in [0.4, 0.5) is 0 Å². The SMILES string of the molecule is CC(C)(CN)CNC(=O)C1Cc2ccccc21. The van der Waals surface area contributed by atoms with Gasteiger partial charge in [-0.25, -0.2) is 0 Å². The summed E-state index contributed by atoms with van der Waals surface area (Å²) in [6.45, 7) is 5.33. The van der Waals surface area contributed by atoms with Crippen molar-refractivity contribution in [3.05, 3.63) is 35.4 Å². The lowest BCUT2D eigenvalue weighted by Crippen LogP contribution is -2.42. The summed E-state index contributed by atoms with van der Waals surface area (Å²) in [7, 11) is 0. The molecule has 3 N–H and O–H groups in total. The zero-order chi connectivity index (χ0) is 12.5. The minimum atomic E-state index is -0.0288. The molecule has 1 aliphatic rings. The Bertz CT molecular complexity index is 426. The van der Waals surface area contributed by atoms with Crippen LogP contribution in [0.5, 0.6) is 0 Å². The van der Waals surface area contributed by atoms with Crippen LogP contribution in [0.25, 0.3) is 0 Å². The lowest BCUT2D eigenvalue weighted by Gasteiger charge is -2.30. The zero-order valence-electron chi connectivity index (χ0n) is 10.5. The number of nitrogens with one attached hydrogen (secondary N) is 1. The number of amides is 1. The molecule has 1 aromatic rings. The zero-order valence-corrected chi connectivity index (χ0v) is 10.5. The Morgan fingerprint density at radius 3 is 2.82 bits per heavy atom. The summed E-state index contributed by atoms with van der Waals surface area (Å²) in [5.74, 6) is 0.171. The molecular formula is C14H20N2O. The van der Waals surface area contributed by atoms with Crippen LogP contribution in [0.1, 0.15) is 30.9 Å². The smallest absolute Gasteiger partial charge is 0.227 e. The Kier molecular flexibility index (Phi) is 3.20. The molecule has 0 fully saturated rings. The predicted molar refractivity (Wildman–Crippen MR) is 68.7 cm³/mol. The first-order valence-electron chi connectivity index (χ1n) is 6.09. The monoisotopic (exact) mass is 232 g/mol. The van der Waals surface area contributed by atoms with Crippen molar-refractivity contribution in [1.29, 1.82) is 0 Å². The fourth-order valence-corrected chi connectivity index (χ4v) is 2.01. The van der Waals surface area contributed by atoms with E-state index in [0.717, 1.165) is 6.42 Å². The summed E-state index contributed by atoms with van der Waals surface area (Å²) in [6.07, 6.45) is 0.866. The van der Waals surface area contributed by atoms with E-state index in [9.17, 15) is 4.79 Å². The van der Waals surface area contributed by atoms with Crippen molar-refractivity contribution in [2.45, 2.75) is 26.2 Å². The van der Waals surface area contributed by atoms with Crippen molar-refractivity contribution in [1.82, 2.24) is 5.32 Å². The molecule has 0 spiro atoms. The molecule has 2 rings (SSSR count). The summed E-state index contributed by atoms with van der Waals surface area (Å²) in [6, 6.07) is 8.13. The summed E-state index contributed by atoms with van der Waals surface area (Å²) >= 11 is 0. The first kappa shape index (κ1) is 12.1. The molecule has 0 radical (unpaired) electrons. The highest BCUT2D eigenvalue weighted by Gasteiger charge is 2.32. The number of hydrogen-bond acceptors (Lipinski definition) is 2. The molecule has 17 heavy (non-hydrogen) atoms. The Balaban J connectivity index is 1.92. The number of fused-ring (bicyclic) bond motifs is 1. The van der Waals surface area contributed by atoms with Gasteiger partial charge >= 0.3 is 0 Å². The average Bonchev–Trinajstić information content (AvgIpc) is 2.28. The third-order valence-electron chi connectivity index (χ3n) is 3.46. The quantitative estimate of drug-likeness (QED) is 0.825. The van der Waals surface area contributed by atoms with Gasteiger partial charge in [0.25, 0.3) is 0 Å². The molecule has 92 valence electrons. The van der Waals surface area contributed by atoms with Gasteiger partial charge in [-0.1, -0.05) is 38.1 Å². The summed E-state index contributed by atoms with van der Waals surface area (Å²) < 4.78 is 0. The van der Waals surface area contributed by atoms with E-state index in [1.54, 1.807) is 0 Å². The van der Waals surface area contributed by atoms with Crippen molar-refractivity contribution >= 4 is 5.91 Å². The highest BCUT2D eigenvalue weighted by molar-refractivity contribution is 5.86. The number of nitrogens with two attached hydrogens (primary N) is 1. The minimum Gasteiger partial charge on any atom is -0.355 e. The lowest BCUT2D eigenvalue weighted by molar-refractivity contribution is -0.123. The number of benzene rings is 1. The van der Waals surface area contributed by atoms with Crippen molar-refractivity contribution in [2.24, 2.45) is 11.1 Å². The van der Waals surface area contributed by atoms with Gasteiger partial charge in [-0.15, -0.1) is 0 Å². The topological polar surface area (TPSA) is 55.1 Å². The summed E-state index contributed by atoms with van der Waals surface area (Å²) in [5.41, 5.74) is 8.08. The highest BCUT2D eigenvalue weighted by Crippen LogP contribution is 2.34. The first-order chi connectivity index (χ1) is 8.03. The average molecular weight is 232 g/mol. The minimum absolute atomic E-state index is 0.0288. The van der Waals surface area contributed by atoms with E-state index in [2.05, 4.69) is 25.2 Å². The summed E-state index contributed by atoms with van der Waals surface area (Å²) in [4.78, 5) is 12.0. The van der Waals surface area contributed by atoms with Crippen molar-refractivity contribution in [2.75, 3.05) is 13.1 Å². The maximum Gasteiger partial charge on any atom is 0.227 e. The molecule has 1 aromatic carbocycles. The largest absolute Gasteiger partial charge is 0.355 e. The number of rotatable bonds is 4. The van der Waals surface area contributed by atoms with Gasteiger partial charge in [0, 0.05) is 6.54 Å². The maximum atomic E-state index is 12.0. The van der Waals surface area contributed by atoms with Crippen LogP contribution in [-0.4, -0.2) is 19.0 Å². The van der Waals surface area contributed by atoms with Gasteiger partial charge in [0.15, 0.2) is 0 Å². The molecule has 1 unspecified atom stereocenters. The number of hydrogen-bond donors (Lipinski definition) is 2. The standard InChI is InChI=1S/C14H20N2O/c1-14(2,8-15)9-16-13(17)12-7-10-5-3-4-6-11(10)12/h3-6,12H,7-9,15H2,1-2H3,(H,16,17).